The predicted molar refractivity (Wildman–Crippen MR) is 52.8 cm³/mol. The van der Waals surface area contributed by atoms with E-state index >= 15 is 0 Å². The topological polar surface area (TPSA) is 61.4 Å². The first kappa shape index (κ1) is 11.0. The van der Waals surface area contributed by atoms with Gasteiger partial charge >= 0.3 is 0 Å². The van der Waals surface area contributed by atoms with Crippen LogP contribution in [-0.2, 0) is 9.59 Å². The van der Waals surface area contributed by atoms with E-state index in [9.17, 15) is 9.59 Å². The minimum absolute atomic E-state index is 0.00128. The molecule has 0 saturated carbocycles. The average molecular weight is 199 g/mol. The fourth-order valence-electron chi connectivity index (χ4n) is 1.45. The Morgan fingerprint density at radius 1 is 1.64 bits per heavy atom. The van der Waals surface area contributed by atoms with Crippen molar-refractivity contribution in [2.24, 2.45) is 0 Å². The van der Waals surface area contributed by atoms with E-state index < -0.39 is 0 Å². The molecule has 0 aromatic carbocycles. The first-order chi connectivity index (χ1) is 6.68. The summed E-state index contributed by atoms with van der Waals surface area (Å²) in [4.78, 5) is 23.6. The Hall–Kier alpha value is -1.10. The molecular weight excluding hydrogens is 182 g/mol. The Morgan fingerprint density at radius 3 is 3.07 bits per heavy atom. The van der Waals surface area contributed by atoms with Crippen LogP contribution in [0.15, 0.2) is 0 Å². The molecule has 5 heteroatoms. The highest BCUT2D eigenvalue weighted by Gasteiger charge is 2.14. The van der Waals surface area contributed by atoms with Crippen LogP contribution in [0, 0.1) is 0 Å². The molecule has 0 aromatic rings. The smallest absolute Gasteiger partial charge is 0.234 e. The van der Waals surface area contributed by atoms with Crippen LogP contribution in [-0.4, -0.2) is 49.4 Å². The van der Waals surface area contributed by atoms with Gasteiger partial charge in [-0.15, -0.1) is 0 Å². The molecular formula is C9H17N3O2. The van der Waals surface area contributed by atoms with Gasteiger partial charge in [0.05, 0.1) is 6.54 Å². The molecule has 0 radical (unpaired) electrons. The molecule has 1 aliphatic heterocycles. The molecule has 1 heterocycles. The quantitative estimate of drug-likeness (QED) is 0.568. The van der Waals surface area contributed by atoms with Crippen molar-refractivity contribution in [2.45, 2.75) is 13.3 Å². The molecule has 1 fully saturated rings. The lowest BCUT2D eigenvalue weighted by Crippen LogP contribution is -2.48. The Bertz CT molecular complexity index is 218. The number of nitrogens with one attached hydrogen (secondary N) is 2. The number of hydrogen-bond donors (Lipinski definition) is 2. The highest BCUT2D eigenvalue weighted by Crippen LogP contribution is 1.94. The SMILES string of the molecule is CC(=O)NCCCN1CCNC(=O)C1. The van der Waals surface area contributed by atoms with E-state index in [-0.39, 0.29) is 11.8 Å². The lowest BCUT2D eigenvalue weighted by Gasteiger charge is -2.26. The third kappa shape index (κ3) is 4.23. The van der Waals surface area contributed by atoms with E-state index in [0.29, 0.717) is 13.1 Å². The fourth-order valence-corrected chi connectivity index (χ4v) is 1.45. The summed E-state index contributed by atoms with van der Waals surface area (Å²) in [6.45, 7) is 5.19. The molecule has 1 aliphatic rings. The second-order valence-corrected chi connectivity index (χ2v) is 3.46. The molecule has 14 heavy (non-hydrogen) atoms. The highest BCUT2D eigenvalue weighted by molar-refractivity contribution is 5.78. The zero-order valence-electron chi connectivity index (χ0n) is 8.51. The van der Waals surface area contributed by atoms with Gasteiger partial charge in [0, 0.05) is 33.1 Å². The van der Waals surface area contributed by atoms with Crippen molar-refractivity contribution in [3.8, 4) is 0 Å². The van der Waals surface area contributed by atoms with Crippen molar-refractivity contribution in [1.29, 1.82) is 0 Å². The van der Waals surface area contributed by atoms with Crippen LogP contribution >= 0.6 is 0 Å². The van der Waals surface area contributed by atoms with Crippen LogP contribution in [0.4, 0.5) is 0 Å². The maximum atomic E-state index is 11.0. The minimum atomic E-state index is 0.00128. The Labute approximate surface area is 83.8 Å². The summed E-state index contributed by atoms with van der Waals surface area (Å²) in [6, 6.07) is 0. The summed E-state index contributed by atoms with van der Waals surface area (Å²) in [7, 11) is 0. The maximum absolute atomic E-state index is 11.0. The van der Waals surface area contributed by atoms with Crippen LogP contribution in [0.2, 0.25) is 0 Å². The summed E-state index contributed by atoms with van der Waals surface area (Å²) in [5, 5.41) is 5.50. The Balaban J connectivity index is 2.06. The van der Waals surface area contributed by atoms with Gasteiger partial charge in [-0.3, -0.25) is 14.5 Å². The predicted octanol–water partition coefficient (Wildman–Crippen LogP) is -1.06. The first-order valence-corrected chi connectivity index (χ1v) is 4.92. The third-order valence-electron chi connectivity index (χ3n) is 2.14. The van der Waals surface area contributed by atoms with Crippen LogP contribution in [0.1, 0.15) is 13.3 Å². The van der Waals surface area contributed by atoms with Gasteiger partial charge in [-0.1, -0.05) is 0 Å². The van der Waals surface area contributed by atoms with Gasteiger partial charge in [-0.25, -0.2) is 0 Å². The van der Waals surface area contributed by atoms with E-state index in [4.69, 9.17) is 0 Å². The molecule has 0 aliphatic carbocycles. The summed E-state index contributed by atoms with van der Waals surface area (Å²) in [6.07, 6.45) is 0.896. The maximum Gasteiger partial charge on any atom is 0.234 e. The Kier molecular flexibility index (Phi) is 4.39. The number of rotatable bonds is 4. The van der Waals surface area contributed by atoms with Crippen molar-refractivity contribution in [3.05, 3.63) is 0 Å². The monoisotopic (exact) mass is 199 g/mol. The standard InChI is InChI=1S/C9H17N3O2/c1-8(13)10-3-2-5-12-6-4-11-9(14)7-12/h2-7H2,1H3,(H,10,13)(H,11,14). The molecule has 0 spiro atoms. The summed E-state index contributed by atoms with van der Waals surface area (Å²) in [5.74, 6) is 0.0946. The number of hydrogen-bond acceptors (Lipinski definition) is 3. The normalized spacial score (nSPS) is 17.6. The van der Waals surface area contributed by atoms with Gasteiger partial charge in [0.2, 0.25) is 11.8 Å². The molecule has 80 valence electrons. The lowest BCUT2D eigenvalue weighted by atomic mass is 10.3. The minimum Gasteiger partial charge on any atom is -0.356 e. The molecule has 0 aromatic heterocycles. The molecule has 1 rings (SSSR count). The fraction of sp³-hybridized carbons (Fsp3) is 0.778. The second kappa shape index (κ2) is 5.59. The van der Waals surface area contributed by atoms with E-state index in [1.54, 1.807) is 0 Å². The summed E-state index contributed by atoms with van der Waals surface area (Å²) < 4.78 is 0. The second-order valence-electron chi connectivity index (χ2n) is 3.46. The molecule has 1 saturated heterocycles. The van der Waals surface area contributed by atoms with Crippen molar-refractivity contribution in [2.75, 3.05) is 32.7 Å². The number of nitrogens with zero attached hydrogens (tertiary/aromatic N) is 1. The van der Waals surface area contributed by atoms with Gasteiger partial charge in [0.15, 0.2) is 0 Å². The molecule has 2 N–H and O–H groups in total. The summed E-state index contributed by atoms with van der Waals surface area (Å²) in [5.41, 5.74) is 0. The molecule has 5 nitrogen and oxygen atoms in total. The van der Waals surface area contributed by atoms with E-state index in [1.807, 2.05) is 0 Å². The number of piperazine rings is 1. The number of carbonyl (C=O) groups excluding carboxylic acids is 2. The first-order valence-electron chi connectivity index (χ1n) is 4.92. The van der Waals surface area contributed by atoms with E-state index in [2.05, 4.69) is 15.5 Å². The summed E-state index contributed by atoms with van der Waals surface area (Å²) >= 11 is 0. The van der Waals surface area contributed by atoms with Crippen LogP contribution in [0.3, 0.4) is 0 Å². The van der Waals surface area contributed by atoms with Gasteiger partial charge in [-0.05, 0) is 6.42 Å². The van der Waals surface area contributed by atoms with E-state index in [1.165, 1.54) is 6.92 Å². The molecule has 0 bridgehead atoms. The van der Waals surface area contributed by atoms with Crippen molar-refractivity contribution < 1.29 is 9.59 Å². The van der Waals surface area contributed by atoms with E-state index in [0.717, 1.165) is 26.1 Å². The van der Waals surface area contributed by atoms with Crippen LogP contribution < -0.4 is 10.6 Å². The van der Waals surface area contributed by atoms with Crippen molar-refractivity contribution in [3.63, 3.8) is 0 Å². The van der Waals surface area contributed by atoms with Crippen LogP contribution in [0.25, 0.3) is 0 Å². The molecule has 0 atom stereocenters. The number of carbonyl (C=O) groups is 2. The average Bonchev–Trinajstić information content (AvgIpc) is 2.12. The zero-order chi connectivity index (χ0) is 10.4. The van der Waals surface area contributed by atoms with Crippen molar-refractivity contribution >= 4 is 11.8 Å². The molecule has 2 amide bonds. The molecule has 0 unspecified atom stereocenters. The van der Waals surface area contributed by atoms with Crippen molar-refractivity contribution in [1.82, 2.24) is 15.5 Å². The van der Waals surface area contributed by atoms with Gasteiger partial charge in [0.25, 0.3) is 0 Å². The van der Waals surface area contributed by atoms with Crippen LogP contribution in [0.5, 0.6) is 0 Å². The number of amides is 2. The third-order valence-corrected chi connectivity index (χ3v) is 2.14. The lowest BCUT2D eigenvalue weighted by molar-refractivity contribution is -0.124. The van der Waals surface area contributed by atoms with Gasteiger partial charge in [0.1, 0.15) is 0 Å². The van der Waals surface area contributed by atoms with Gasteiger partial charge in [-0.2, -0.15) is 0 Å². The Morgan fingerprint density at radius 2 is 2.43 bits per heavy atom. The van der Waals surface area contributed by atoms with Gasteiger partial charge < -0.3 is 10.6 Å². The zero-order valence-corrected chi connectivity index (χ0v) is 8.51. The largest absolute Gasteiger partial charge is 0.356 e. The highest BCUT2D eigenvalue weighted by atomic mass is 16.2.